The summed E-state index contributed by atoms with van der Waals surface area (Å²) in [6.07, 6.45) is 4.91. The third-order valence-corrected chi connectivity index (χ3v) is 5.80. The monoisotopic (exact) mass is 391 g/mol. The second-order valence-corrected chi connectivity index (χ2v) is 7.96. The van der Waals surface area contributed by atoms with Crippen LogP contribution in [0.15, 0.2) is 54.6 Å². The Morgan fingerprint density at radius 3 is 2.71 bits per heavy atom. The van der Waals surface area contributed by atoms with Gasteiger partial charge in [-0.25, -0.2) is 4.98 Å². The van der Waals surface area contributed by atoms with E-state index in [1.54, 1.807) is 35.4 Å². The number of hydrogen-bond donors (Lipinski definition) is 0. The molecule has 5 nitrogen and oxygen atoms in total. The lowest BCUT2D eigenvalue weighted by Gasteiger charge is -2.15. The van der Waals surface area contributed by atoms with Gasteiger partial charge in [-0.2, -0.15) is 0 Å². The third kappa shape index (κ3) is 3.97. The number of benzene rings is 2. The molecule has 1 aliphatic heterocycles. The Morgan fingerprint density at radius 2 is 2.00 bits per heavy atom. The smallest absolute Gasteiger partial charge is 0.246 e. The molecule has 0 atom stereocenters. The Bertz CT molecular complexity index is 1010. The third-order valence-electron chi connectivity index (χ3n) is 4.78. The van der Waals surface area contributed by atoms with Crippen LogP contribution in [-0.2, 0) is 16.1 Å². The Kier molecular flexibility index (Phi) is 5.21. The minimum absolute atomic E-state index is 0.0712. The van der Waals surface area contributed by atoms with Crippen molar-refractivity contribution in [3.63, 3.8) is 0 Å². The number of nitrogens with zero attached hydrogens (tertiary/aromatic N) is 3. The molecule has 0 N–H and O–H groups in total. The molecule has 2 heterocycles. The fourth-order valence-corrected chi connectivity index (χ4v) is 4.27. The molecule has 0 saturated carbocycles. The van der Waals surface area contributed by atoms with Crippen LogP contribution in [0.2, 0.25) is 0 Å². The zero-order valence-electron chi connectivity index (χ0n) is 15.7. The predicted molar refractivity (Wildman–Crippen MR) is 113 cm³/mol. The summed E-state index contributed by atoms with van der Waals surface area (Å²) in [4.78, 5) is 32.3. The van der Waals surface area contributed by atoms with Crippen LogP contribution in [0, 0.1) is 0 Å². The Hall–Kier alpha value is -2.99. The van der Waals surface area contributed by atoms with Gasteiger partial charge in [0.1, 0.15) is 5.01 Å². The average molecular weight is 391 g/mol. The number of aromatic nitrogens is 1. The van der Waals surface area contributed by atoms with Crippen molar-refractivity contribution in [2.45, 2.75) is 19.4 Å². The van der Waals surface area contributed by atoms with Crippen LogP contribution in [-0.4, -0.2) is 35.3 Å². The summed E-state index contributed by atoms with van der Waals surface area (Å²) in [5.74, 6) is 0.105. The van der Waals surface area contributed by atoms with E-state index < -0.39 is 0 Å². The topological polar surface area (TPSA) is 53.5 Å². The molecule has 1 aromatic heterocycles. The quantitative estimate of drug-likeness (QED) is 0.616. The standard InChI is InChI=1S/C22H21N3O2S/c1-24(15-20-23-18-5-2-3-6-19(18)28-20)21(26)13-10-16-8-11-17(12-9-16)25-14-4-7-22(25)27/h2-3,5-6,8-13H,4,7,14-15H2,1H3. The molecule has 3 aromatic rings. The van der Waals surface area contributed by atoms with Gasteiger partial charge in [-0.1, -0.05) is 24.3 Å². The summed E-state index contributed by atoms with van der Waals surface area (Å²) in [6.45, 7) is 1.27. The van der Waals surface area contributed by atoms with E-state index in [9.17, 15) is 9.59 Å². The van der Waals surface area contributed by atoms with Crippen LogP contribution in [0.4, 0.5) is 5.69 Å². The molecule has 0 bridgehead atoms. The lowest BCUT2D eigenvalue weighted by atomic mass is 10.2. The Morgan fingerprint density at radius 1 is 1.21 bits per heavy atom. The van der Waals surface area contributed by atoms with Crippen molar-refractivity contribution < 1.29 is 9.59 Å². The van der Waals surface area contributed by atoms with Crippen LogP contribution in [0.25, 0.3) is 16.3 Å². The molecule has 2 amide bonds. The zero-order chi connectivity index (χ0) is 19.5. The fourth-order valence-electron chi connectivity index (χ4n) is 3.25. The normalized spacial score (nSPS) is 14.3. The van der Waals surface area contributed by atoms with Crippen LogP contribution in [0.1, 0.15) is 23.4 Å². The maximum Gasteiger partial charge on any atom is 0.246 e. The van der Waals surface area contributed by atoms with E-state index in [0.717, 1.165) is 39.4 Å². The molecule has 6 heteroatoms. The minimum Gasteiger partial charge on any atom is -0.335 e. The van der Waals surface area contributed by atoms with Gasteiger partial charge in [0.05, 0.1) is 16.8 Å². The van der Waals surface area contributed by atoms with E-state index >= 15 is 0 Å². The van der Waals surface area contributed by atoms with E-state index in [4.69, 9.17) is 0 Å². The lowest BCUT2D eigenvalue weighted by Crippen LogP contribution is -2.24. The molecule has 0 radical (unpaired) electrons. The van der Waals surface area contributed by atoms with E-state index in [0.29, 0.717) is 13.0 Å². The van der Waals surface area contributed by atoms with Gasteiger partial charge < -0.3 is 9.80 Å². The average Bonchev–Trinajstić information content (AvgIpc) is 3.31. The van der Waals surface area contributed by atoms with Crippen molar-refractivity contribution in [1.29, 1.82) is 0 Å². The van der Waals surface area contributed by atoms with Crippen molar-refractivity contribution in [3.8, 4) is 0 Å². The number of carbonyl (C=O) groups is 2. The molecule has 0 unspecified atom stereocenters. The van der Waals surface area contributed by atoms with Crippen LogP contribution < -0.4 is 4.90 Å². The predicted octanol–water partition coefficient (Wildman–Crippen LogP) is 4.09. The SMILES string of the molecule is CN(Cc1nc2ccccc2s1)C(=O)C=Cc1ccc(N2CCCC2=O)cc1. The lowest BCUT2D eigenvalue weighted by molar-refractivity contribution is -0.125. The second-order valence-electron chi connectivity index (χ2n) is 6.84. The van der Waals surface area contributed by atoms with Crippen molar-refractivity contribution >= 4 is 45.1 Å². The molecule has 1 fully saturated rings. The van der Waals surface area contributed by atoms with Crippen LogP contribution in [0.5, 0.6) is 0 Å². The molecule has 142 valence electrons. The van der Waals surface area contributed by atoms with Gasteiger partial charge >= 0.3 is 0 Å². The van der Waals surface area contributed by atoms with Crippen molar-refractivity contribution in [3.05, 3.63) is 65.2 Å². The summed E-state index contributed by atoms with van der Waals surface area (Å²) in [5, 5.41) is 0.921. The number of hydrogen-bond acceptors (Lipinski definition) is 4. The summed E-state index contributed by atoms with van der Waals surface area (Å²) in [5.41, 5.74) is 2.81. The largest absolute Gasteiger partial charge is 0.335 e. The van der Waals surface area contributed by atoms with Gasteiger partial charge in [-0.05, 0) is 42.3 Å². The molecule has 4 rings (SSSR count). The number of rotatable bonds is 5. The number of carbonyl (C=O) groups excluding carboxylic acids is 2. The summed E-state index contributed by atoms with van der Waals surface area (Å²) >= 11 is 1.61. The van der Waals surface area contributed by atoms with Crippen LogP contribution >= 0.6 is 11.3 Å². The minimum atomic E-state index is -0.0712. The first-order valence-electron chi connectivity index (χ1n) is 9.28. The molecule has 0 spiro atoms. The maximum atomic E-state index is 12.4. The molecule has 0 aliphatic carbocycles. The van der Waals surface area contributed by atoms with Gasteiger partial charge in [0.25, 0.3) is 0 Å². The molecule has 28 heavy (non-hydrogen) atoms. The molecular weight excluding hydrogens is 370 g/mol. The maximum absolute atomic E-state index is 12.4. The van der Waals surface area contributed by atoms with Gasteiger partial charge in [-0.3, -0.25) is 9.59 Å². The second kappa shape index (κ2) is 7.94. The van der Waals surface area contributed by atoms with E-state index in [1.165, 1.54) is 0 Å². The number of anilines is 1. The van der Waals surface area contributed by atoms with Crippen molar-refractivity contribution in [1.82, 2.24) is 9.88 Å². The first-order valence-corrected chi connectivity index (χ1v) is 10.1. The highest BCUT2D eigenvalue weighted by Gasteiger charge is 2.21. The van der Waals surface area contributed by atoms with Gasteiger partial charge in [0.2, 0.25) is 11.8 Å². The highest BCUT2D eigenvalue weighted by atomic mass is 32.1. The van der Waals surface area contributed by atoms with E-state index in [2.05, 4.69) is 4.98 Å². The molecular formula is C22H21N3O2S. The molecule has 1 saturated heterocycles. The molecule has 1 aliphatic rings. The van der Waals surface area contributed by atoms with E-state index in [-0.39, 0.29) is 11.8 Å². The summed E-state index contributed by atoms with van der Waals surface area (Å²) < 4.78 is 1.13. The Labute approximate surface area is 167 Å². The highest BCUT2D eigenvalue weighted by Crippen LogP contribution is 2.23. The molecule has 2 aromatic carbocycles. The highest BCUT2D eigenvalue weighted by molar-refractivity contribution is 7.18. The zero-order valence-corrected chi connectivity index (χ0v) is 16.5. The van der Waals surface area contributed by atoms with Crippen molar-refractivity contribution in [2.75, 3.05) is 18.5 Å². The van der Waals surface area contributed by atoms with Crippen molar-refractivity contribution in [2.24, 2.45) is 0 Å². The fraction of sp³-hybridized carbons (Fsp3) is 0.227. The first-order chi connectivity index (χ1) is 13.6. The van der Waals surface area contributed by atoms with E-state index in [1.807, 2.05) is 53.4 Å². The number of likely N-dealkylation sites (N-methyl/N-ethyl adjacent to an activating group) is 1. The Balaban J connectivity index is 1.38. The number of thiazole rings is 1. The number of para-hydroxylation sites is 1. The summed E-state index contributed by atoms with van der Waals surface area (Å²) in [6, 6.07) is 15.7. The van der Waals surface area contributed by atoms with Crippen LogP contribution in [0.3, 0.4) is 0 Å². The first kappa shape index (κ1) is 18.4. The summed E-state index contributed by atoms with van der Waals surface area (Å²) in [7, 11) is 1.78. The number of fused-ring (bicyclic) bond motifs is 1. The van der Waals surface area contributed by atoms with Gasteiger partial charge in [-0.15, -0.1) is 11.3 Å². The van der Waals surface area contributed by atoms with Gasteiger partial charge in [0.15, 0.2) is 0 Å². The number of amides is 2. The van der Waals surface area contributed by atoms with Gasteiger partial charge in [0, 0.05) is 31.8 Å².